The summed E-state index contributed by atoms with van der Waals surface area (Å²) in [6, 6.07) is 16.6. The summed E-state index contributed by atoms with van der Waals surface area (Å²) in [6.07, 6.45) is 0.641. The third-order valence-electron chi connectivity index (χ3n) is 4.70. The van der Waals surface area contributed by atoms with Gasteiger partial charge in [0.2, 0.25) is 10.0 Å². The zero-order chi connectivity index (χ0) is 18.3. The molecule has 0 atom stereocenters. The zero-order valence-electron chi connectivity index (χ0n) is 14.3. The molecule has 4 rings (SSSR count). The summed E-state index contributed by atoms with van der Waals surface area (Å²) in [5.74, 6) is -0.0164. The fraction of sp³-hybridized carbons (Fsp3) is 0.211. The van der Waals surface area contributed by atoms with E-state index < -0.39 is 10.0 Å². The molecular weight excluding hydrogens is 350 g/mol. The number of hydrogen-bond donors (Lipinski definition) is 1. The number of fused-ring (bicyclic) bond motifs is 1. The number of amides is 1. The van der Waals surface area contributed by atoms with Crippen molar-refractivity contribution >= 4 is 38.2 Å². The molecule has 1 fully saturated rings. The maximum Gasteiger partial charge on any atom is 0.272 e. The Morgan fingerprint density at radius 2 is 1.81 bits per heavy atom. The molecule has 3 aromatic rings. The Labute approximate surface area is 152 Å². The maximum absolute atomic E-state index is 12.6. The fourth-order valence-electron chi connectivity index (χ4n) is 3.34. The minimum atomic E-state index is -3.20. The summed E-state index contributed by atoms with van der Waals surface area (Å²) in [5.41, 5.74) is 2.82. The topological polar surface area (TPSA) is 71.4 Å². The first kappa shape index (κ1) is 16.7. The first-order valence-corrected chi connectivity index (χ1v) is 10.0. The maximum atomic E-state index is 12.6. The van der Waals surface area contributed by atoms with E-state index in [1.807, 2.05) is 41.9 Å². The van der Waals surface area contributed by atoms with Gasteiger partial charge in [-0.1, -0.05) is 18.2 Å². The molecule has 1 aliphatic rings. The number of carbonyl (C=O) groups excluding carboxylic acids is 1. The van der Waals surface area contributed by atoms with Crippen molar-refractivity contribution in [2.45, 2.75) is 6.42 Å². The van der Waals surface area contributed by atoms with Gasteiger partial charge in [-0.15, -0.1) is 0 Å². The molecular formula is C19H19N3O3S. The monoisotopic (exact) mass is 369 g/mol. The molecule has 1 N–H and O–H groups in total. The number of nitrogens with zero attached hydrogens (tertiary/aromatic N) is 2. The van der Waals surface area contributed by atoms with Gasteiger partial charge in [0.05, 0.1) is 11.4 Å². The van der Waals surface area contributed by atoms with Crippen LogP contribution >= 0.6 is 0 Å². The number of carbonyl (C=O) groups is 1. The highest BCUT2D eigenvalue weighted by molar-refractivity contribution is 7.93. The van der Waals surface area contributed by atoms with Crippen molar-refractivity contribution in [3.8, 4) is 0 Å². The van der Waals surface area contributed by atoms with Crippen molar-refractivity contribution in [2.75, 3.05) is 21.9 Å². The lowest BCUT2D eigenvalue weighted by Gasteiger charge is -2.17. The van der Waals surface area contributed by atoms with E-state index in [0.29, 0.717) is 30.0 Å². The third-order valence-corrected chi connectivity index (χ3v) is 6.57. The molecule has 1 saturated heterocycles. The van der Waals surface area contributed by atoms with Gasteiger partial charge >= 0.3 is 0 Å². The Morgan fingerprint density at radius 1 is 1.08 bits per heavy atom. The molecule has 0 radical (unpaired) electrons. The van der Waals surface area contributed by atoms with Gasteiger partial charge in [0, 0.05) is 30.2 Å². The highest BCUT2D eigenvalue weighted by Crippen LogP contribution is 2.26. The standard InChI is InChI=1S/C19H19N3O3S/c1-21-17-6-3-2-5-14(17)13-18(21)19(23)20-15-7-9-16(10-8-15)22-11-4-12-26(22,24)25/h2-3,5-10,13H,4,11-12H2,1H3,(H,20,23). The van der Waals surface area contributed by atoms with Crippen LogP contribution in [0.15, 0.2) is 54.6 Å². The second kappa shape index (κ2) is 6.17. The van der Waals surface area contributed by atoms with E-state index in [2.05, 4.69) is 5.32 Å². The summed E-state index contributed by atoms with van der Waals surface area (Å²) in [4.78, 5) is 12.6. The van der Waals surface area contributed by atoms with Gasteiger partial charge in [-0.25, -0.2) is 8.42 Å². The van der Waals surface area contributed by atoms with Crippen LogP contribution in [0.1, 0.15) is 16.9 Å². The molecule has 2 aromatic carbocycles. The van der Waals surface area contributed by atoms with Crippen molar-refractivity contribution in [1.82, 2.24) is 4.57 Å². The van der Waals surface area contributed by atoms with E-state index in [4.69, 9.17) is 0 Å². The van der Waals surface area contributed by atoms with Gasteiger partial charge in [0.1, 0.15) is 5.69 Å². The fourth-order valence-corrected chi connectivity index (χ4v) is 4.91. The van der Waals surface area contributed by atoms with E-state index in [1.165, 1.54) is 4.31 Å². The first-order valence-electron chi connectivity index (χ1n) is 8.42. The van der Waals surface area contributed by atoms with E-state index in [1.54, 1.807) is 24.3 Å². The molecule has 26 heavy (non-hydrogen) atoms. The number of aromatic nitrogens is 1. The summed E-state index contributed by atoms with van der Waals surface area (Å²) in [5, 5.41) is 3.88. The van der Waals surface area contributed by atoms with Crippen LogP contribution in [-0.4, -0.2) is 31.2 Å². The quantitative estimate of drug-likeness (QED) is 0.771. The normalized spacial score (nSPS) is 16.1. The number of anilines is 2. The average molecular weight is 369 g/mol. The molecule has 134 valence electrons. The van der Waals surface area contributed by atoms with Crippen molar-refractivity contribution in [3.63, 3.8) is 0 Å². The van der Waals surface area contributed by atoms with Gasteiger partial charge < -0.3 is 9.88 Å². The van der Waals surface area contributed by atoms with Crippen LogP contribution in [0.3, 0.4) is 0 Å². The first-order chi connectivity index (χ1) is 12.5. The van der Waals surface area contributed by atoms with Crippen LogP contribution in [0.5, 0.6) is 0 Å². The SMILES string of the molecule is Cn1c(C(=O)Nc2ccc(N3CCCS3(=O)=O)cc2)cc2ccccc21. The summed E-state index contributed by atoms with van der Waals surface area (Å²) >= 11 is 0. The minimum Gasteiger partial charge on any atom is -0.340 e. The van der Waals surface area contributed by atoms with E-state index in [-0.39, 0.29) is 11.7 Å². The van der Waals surface area contributed by atoms with Gasteiger partial charge in [0.25, 0.3) is 5.91 Å². The smallest absolute Gasteiger partial charge is 0.272 e. The second-order valence-corrected chi connectivity index (χ2v) is 8.40. The predicted octanol–water partition coefficient (Wildman–Crippen LogP) is 2.97. The summed E-state index contributed by atoms with van der Waals surface area (Å²) in [7, 11) is -1.34. The zero-order valence-corrected chi connectivity index (χ0v) is 15.2. The molecule has 2 heterocycles. The van der Waals surface area contributed by atoms with Crippen LogP contribution < -0.4 is 9.62 Å². The molecule has 0 spiro atoms. The predicted molar refractivity (Wildman–Crippen MR) is 103 cm³/mol. The average Bonchev–Trinajstić information content (AvgIpc) is 3.15. The number of aryl methyl sites for hydroxylation is 1. The van der Waals surface area contributed by atoms with E-state index in [9.17, 15) is 13.2 Å². The summed E-state index contributed by atoms with van der Waals surface area (Å²) in [6.45, 7) is 0.504. The number of nitrogens with one attached hydrogen (secondary N) is 1. The molecule has 0 aliphatic carbocycles. The van der Waals surface area contributed by atoms with Crippen LogP contribution in [0, 0.1) is 0 Å². The van der Waals surface area contributed by atoms with Crippen molar-refractivity contribution in [3.05, 3.63) is 60.3 Å². The number of hydrogen-bond acceptors (Lipinski definition) is 3. The highest BCUT2D eigenvalue weighted by Gasteiger charge is 2.28. The molecule has 0 saturated carbocycles. The van der Waals surface area contributed by atoms with E-state index >= 15 is 0 Å². The Kier molecular flexibility index (Phi) is 3.96. The summed E-state index contributed by atoms with van der Waals surface area (Å²) < 4.78 is 27.2. The van der Waals surface area contributed by atoms with Crippen LogP contribution in [0.25, 0.3) is 10.9 Å². The molecule has 1 amide bonds. The molecule has 6 nitrogen and oxygen atoms in total. The van der Waals surface area contributed by atoms with Crippen molar-refractivity contribution in [1.29, 1.82) is 0 Å². The lowest BCUT2D eigenvalue weighted by Crippen LogP contribution is -2.25. The Hall–Kier alpha value is -2.80. The van der Waals surface area contributed by atoms with Gasteiger partial charge in [-0.3, -0.25) is 9.10 Å². The molecule has 1 aromatic heterocycles. The molecule has 7 heteroatoms. The molecule has 0 unspecified atom stereocenters. The lowest BCUT2D eigenvalue weighted by molar-refractivity contribution is 0.101. The van der Waals surface area contributed by atoms with Crippen LogP contribution in [0.4, 0.5) is 11.4 Å². The Balaban J connectivity index is 1.55. The van der Waals surface area contributed by atoms with Crippen LogP contribution in [-0.2, 0) is 17.1 Å². The van der Waals surface area contributed by atoms with E-state index in [0.717, 1.165) is 10.9 Å². The molecule has 0 bridgehead atoms. The third kappa shape index (κ3) is 2.84. The lowest BCUT2D eigenvalue weighted by atomic mass is 10.2. The number of sulfonamides is 1. The molecule has 1 aliphatic heterocycles. The Morgan fingerprint density at radius 3 is 2.46 bits per heavy atom. The van der Waals surface area contributed by atoms with Crippen molar-refractivity contribution in [2.24, 2.45) is 7.05 Å². The minimum absolute atomic E-state index is 0.187. The second-order valence-electron chi connectivity index (χ2n) is 6.39. The van der Waals surface area contributed by atoms with Crippen molar-refractivity contribution < 1.29 is 13.2 Å². The number of rotatable bonds is 3. The van der Waals surface area contributed by atoms with Gasteiger partial charge in [0.15, 0.2) is 0 Å². The highest BCUT2D eigenvalue weighted by atomic mass is 32.2. The van der Waals surface area contributed by atoms with Crippen LogP contribution in [0.2, 0.25) is 0 Å². The van der Waals surface area contributed by atoms with Gasteiger partial charge in [-0.2, -0.15) is 0 Å². The number of benzene rings is 2. The Bertz CT molecular complexity index is 1080. The largest absolute Gasteiger partial charge is 0.340 e. The number of para-hydroxylation sites is 1. The van der Waals surface area contributed by atoms with Gasteiger partial charge in [-0.05, 0) is 42.8 Å².